The predicted octanol–water partition coefficient (Wildman–Crippen LogP) is 1.60. The summed E-state index contributed by atoms with van der Waals surface area (Å²) in [4.78, 5) is 41.6. The number of nitrogens with zero attached hydrogens (tertiary/aromatic N) is 5. The van der Waals surface area contributed by atoms with Gasteiger partial charge in [-0.05, 0) is 25.0 Å². The zero-order chi connectivity index (χ0) is 21.3. The molecule has 1 aromatic heterocycles. The minimum atomic E-state index is -0.617. The van der Waals surface area contributed by atoms with Gasteiger partial charge >= 0.3 is 0 Å². The molecule has 0 spiro atoms. The van der Waals surface area contributed by atoms with Crippen molar-refractivity contribution in [1.29, 1.82) is 5.26 Å². The number of para-hydroxylation sites is 1. The van der Waals surface area contributed by atoms with Gasteiger partial charge in [-0.25, -0.2) is 0 Å². The molecule has 2 aliphatic heterocycles. The maximum atomic E-state index is 13.0. The molecule has 8 heteroatoms. The monoisotopic (exact) mass is 405 g/mol. The highest BCUT2D eigenvalue weighted by Gasteiger charge is 2.48. The van der Waals surface area contributed by atoms with Crippen LogP contribution in [-0.2, 0) is 4.79 Å². The average molecular weight is 405 g/mol. The fraction of sp³-hybridized carbons (Fsp3) is 0.409. The van der Waals surface area contributed by atoms with E-state index >= 15 is 0 Å². The molecule has 3 atom stereocenters. The molecular formula is C22H23N5O3. The van der Waals surface area contributed by atoms with Crippen LogP contribution in [0, 0.1) is 17.2 Å². The molecular weight excluding hydrogens is 382 g/mol. The second-order valence-corrected chi connectivity index (χ2v) is 7.79. The summed E-state index contributed by atoms with van der Waals surface area (Å²) in [6.07, 6.45) is 3.45. The first-order valence-corrected chi connectivity index (χ1v) is 10.2. The van der Waals surface area contributed by atoms with Crippen LogP contribution < -0.4 is 5.56 Å². The lowest BCUT2D eigenvalue weighted by Crippen LogP contribution is -2.52. The molecule has 0 aliphatic carbocycles. The molecule has 8 nitrogen and oxygen atoms in total. The fourth-order valence-corrected chi connectivity index (χ4v) is 4.37. The predicted molar refractivity (Wildman–Crippen MR) is 109 cm³/mol. The average Bonchev–Trinajstić information content (AvgIpc) is 3.38. The molecule has 3 heterocycles. The molecule has 2 aromatic rings. The van der Waals surface area contributed by atoms with Crippen LogP contribution in [0.5, 0.6) is 0 Å². The van der Waals surface area contributed by atoms with E-state index in [1.807, 2.05) is 25.1 Å². The quantitative estimate of drug-likeness (QED) is 0.752. The topological polar surface area (TPSA) is 99.3 Å². The van der Waals surface area contributed by atoms with E-state index in [4.69, 9.17) is 0 Å². The number of fused-ring (bicyclic) bond motifs is 2. The van der Waals surface area contributed by atoms with Crippen LogP contribution in [0.1, 0.15) is 36.5 Å². The summed E-state index contributed by atoms with van der Waals surface area (Å²) < 4.78 is 1.25. The molecule has 2 amide bonds. The summed E-state index contributed by atoms with van der Waals surface area (Å²) in [5.74, 6) is -0.996. The smallest absolute Gasteiger partial charge is 0.272 e. The summed E-state index contributed by atoms with van der Waals surface area (Å²) in [5, 5.41) is 13.4. The lowest BCUT2D eigenvalue weighted by molar-refractivity contribution is -0.136. The van der Waals surface area contributed by atoms with Crippen LogP contribution in [0.4, 0.5) is 0 Å². The van der Waals surface area contributed by atoms with Gasteiger partial charge in [0.05, 0.1) is 35.6 Å². The number of nitriles is 1. The second-order valence-electron chi connectivity index (χ2n) is 7.79. The minimum absolute atomic E-state index is 0.0724. The third kappa shape index (κ3) is 3.47. The number of benzene rings is 1. The number of carbonyl (C=O) groups excluding carboxylic acids is 2. The Bertz CT molecular complexity index is 1060. The van der Waals surface area contributed by atoms with Gasteiger partial charge in [0.2, 0.25) is 5.91 Å². The van der Waals surface area contributed by atoms with Crippen LogP contribution in [0.2, 0.25) is 0 Å². The maximum Gasteiger partial charge on any atom is 0.272 e. The molecule has 1 aromatic carbocycles. The Morgan fingerprint density at radius 2 is 1.90 bits per heavy atom. The van der Waals surface area contributed by atoms with Gasteiger partial charge in [0, 0.05) is 19.2 Å². The van der Waals surface area contributed by atoms with E-state index < -0.39 is 5.92 Å². The third-order valence-electron chi connectivity index (χ3n) is 5.86. The van der Waals surface area contributed by atoms with Gasteiger partial charge < -0.3 is 9.80 Å². The Morgan fingerprint density at radius 1 is 1.20 bits per heavy atom. The zero-order valence-electron chi connectivity index (χ0n) is 16.8. The largest absolute Gasteiger partial charge is 0.335 e. The van der Waals surface area contributed by atoms with Crippen molar-refractivity contribution in [1.82, 2.24) is 19.6 Å². The van der Waals surface area contributed by atoms with Crippen molar-refractivity contribution in [3.63, 3.8) is 0 Å². The summed E-state index contributed by atoms with van der Waals surface area (Å²) in [6, 6.07) is 12.3. The molecule has 1 unspecified atom stereocenters. The molecule has 2 saturated heterocycles. The highest BCUT2D eigenvalue weighted by molar-refractivity contribution is 5.94. The van der Waals surface area contributed by atoms with Crippen molar-refractivity contribution in [3.8, 4) is 11.8 Å². The molecule has 0 N–H and O–H groups in total. The molecule has 2 bridgehead atoms. The van der Waals surface area contributed by atoms with Crippen LogP contribution >= 0.6 is 0 Å². The third-order valence-corrected chi connectivity index (χ3v) is 5.86. The first-order chi connectivity index (χ1) is 14.5. The van der Waals surface area contributed by atoms with E-state index in [-0.39, 0.29) is 35.0 Å². The molecule has 2 fully saturated rings. The van der Waals surface area contributed by atoms with E-state index in [0.29, 0.717) is 31.6 Å². The standard InChI is InChI=1S/C22H23N5O3/c1-2-6-15(11-23)21(29)25-13-19-10-18(25)14-26(19)22(30)16-9-20(28)27(24-12-16)17-7-4-3-5-8-17/h3-5,7-9,12,15,18-19H,2,6,10,13-14H2,1H3/t15?,18-,19-/m0/s1. The lowest BCUT2D eigenvalue weighted by atomic mass is 10.0. The Labute approximate surface area is 174 Å². The van der Waals surface area contributed by atoms with Gasteiger partial charge in [-0.2, -0.15) is 15.0 Å². The van der Waals surface area contributed by atoms with E-state index in [2.05, 4.69) is 11.2 Å². The highest BCUT2D eigenvalue weighted by Crippen LogP contribution is 2.33. The molecule has 0 radical (unpaired) electrons. The van der Waals surface area contributed by atoms with Crippen molar-refractivity contribution < 1.29 is 9.59 Å². The normalized spacial score (nSPS) is 20.8. The zero-order valence-corrected chi connectivity index (χ0v) is 16.8. The van der Waals surface area contributed by atoms with Crippen LogP contribution in [-0.4, -0.2) is 56.6 Å². The van der Waals surface area contributed by atoms with Crippen molar-refractivity contribution in [2.45, 2.75) is 38.3 Å². The number of piperazine rings is 1. The molecule has 30 heavy (non-hydrogen) atoms. The summed E-state index contributed by atoms with van der Waals surface area (Å²) in [6.45, 7) is 2.81. The van der Waals surface area contributed by atoms with Crippen molar-refractivity contribution >= 4 is 11.8 Å². The van der Waals surface area contributed by atoms with Gasteiger partial charge in [-0.15, -0.1) is 0 Å². The van der Waals surface area contributed by atoms with Crippen molar-refractivity contribution in [2.24, 2.45) is 5.92 Å². The Balaban J connectivity index is 1.47. The fourth-order valence-electron chi connectivity index (χ4n) is 4.37. The van der Waals surface area contributed by atoms with Crippen LogP contribution in [0.3, 0.4) is 0 Å². The maximum absolute atomic E-state index is 13.0. The number of carbonyl (C=O) groups is 2. The number of hydrogen-bond acceptors (Lipinski definition) is 5. The SMILES string of the molecule is CCCC(C#N)C(=O)N1C[C@@H]2C[C@H]1CN2C(=O)c1cnn(-c2ccccc2)c(=O)c1. The molecule has 154 valence electrons. The van der Waals surface area contributed by atoms with Gasteiger partial charge in [-0.3, -0.25) is 14.4 Å². The summed E-state index contributed by atoms with van der Waals surface area (Å²) >= 11 is 0. The number of amides is 2. The number of aromatic nitrogens is 2. The van der Waals surface area contributed by atoms with Crippen LogP contribution in [0.25, 0.3) is 5.69 Å². The highest BCUT2D eigenvalue weighted by atomic mass is 16.2. The summed E-state index contributed by atoms with van der Waals surface area (Å²) in [5.41, 5.74) is 0.512. The molecule has 2 aliphatic rings. The number of rotatable bonds is 5. The van der Waals surface area contributed by atoms with Gasteiger partial charge in [0.25, 0.3) is 11.5 Å². The first kappa shape index (κ1) is 19.8. The Morgan fingerprint density at radius 3 is 2.50 bits per heavy atom. The van der Waals surface area contributed by atoms with E-state index in [0.717, 1.165) is 6.42 Å². The number of hydrogen-bond donors (Lipinski definition) is 0. The number of likely N-dealkylation sites (tertiary alicyclic amines) is 2. The van der Waals surface area contributed by atoms with Gasteiger partial charge in [0.15, 0.2) is 0 Å². The lowest BCUT2D eigenvalue weighted by Gasteiger charge is -2.35. The van der Waals surface area contributed by atoms with E-state index in [1.165, 1.54) is 16.9 Å². The Hall–Kier alpha value is -3.47. The Kier molecular flexibility index (Phi) is 5.36. The van der Waals surface area contributed by atoms with Gasteiger partial charge in [0.1, 0.15) is 5.92 Å². The van der Waals surface area contributed by atoms with Gasteiger partial charge in [-0.1, -0.05) is 31.5 Å². The van der Waals surface area contributed by atoms with E-state index in [1.54, 1.807) is 21.9 Å². The molecule has 0 saturated carbocycles. The van der Waals surface area contributed by atoms with Crippen LogP contribution in [0.15, 0.2) is 47.4 Å². The molecule has 4 rings (SSSR count). The first-order valence-electron chi connectivity index (χ1n) is 10.2. The second kappa shape index (κ2) is 8.11. The van der Waals surface area contributed by atoms with Crippen molar-refractivity contribution in [3.05, 3.63) is 58.5 Å². The van der Waals surface area contributed by atoms with Crippen molar-refractivity contribution in [2.75, 3.05) is 13.1 Å². The minimum Gasteiger partial charge on any atom is -0.335 e. The summed E-state index contributed by atoms with van der Waals surface area (Å²) in [7, 11) is 0. The van der Waals surface area contributed by atoms with E-state index in [9.17, 15) is 19.6 Å².